The highest BCUT2D eigenvalue weighted by Crippen LogP contribution is 2.19. The third-order valence-corrected chi connectivity index (χ3v) is 4.08. The first-order valence-corrected chi connectivity index (χ1v) is 7.79. The molecule has 1 N–H and O–H groups in total. The lowest BCUT2D eigenvalue weighted by Crippen LogP contribution is -2.48. The molecule has 2 aromatic heterocycles. The van der Waals surface area contributed by atoms with Gasteiger partial charge in [-0.2, -0.15) is 9.61 Å². The zero-order valence-corrected chi connectivity index (χ0v) is 13.0. The summed E-state index contributed by atoms with van der Waals surface area (Å²) in [5.74, 6) is 0.760. The highest BCUT2D eigenvalue weighted by molar-refractivity contribution is 5.93. The molecule has 0 atom stereocenters. The van der Waals surface area contributed by atoms with Crippen molar-refractivity contribution in [3.05, 3.63) is 23.5 Å². The molecule has 0 radical (unpaired) electrons. The Hall–Kier alpha value is -2.19. The molecule has 4 rings (SSSR count). The predicted molar refractivity (Wildman–Crippen MR) is 82.8 cm³/mol. The monoisotopic (exact) mass is 317 g/mol. The van der Waals surface area contributed by atoms with Crippen LogP contribution >= 0.6 is 0 Å². The van der Waals surface area contributed by atoms with Gasteiger partial charge < -0.3 is 19.7 Å². The van der Waals surface area contributed by atoms with Crippen molar-refractivity contribution in [2.45, 2.75) is 13.0 Å². The molecular weight excluding hydrogens is 298 g/mol. The molecule has 2 aliphatic heterocycles. The minimum atomic E-state index is -0.186. The third-order valence-electron chi connectivity index (χ3n) is 4.08. The van der Waals surface area contributed by atoms with E-state index in [0.29, 0.717) is 37.8 Å². The molecule has 2 saturated heterocycles. The standard InChI is InChI=1S/C15H19N5O3/c1-10-6-14(19-2-4-22-5-3-19)20-13(16-10)7-12(18-20)15(21)17-11-8-23-9-11/h6-7,11H,2-5,8-9H2,1H3,(H,17,21). The number of aromatic nitrogens is 3. The third kappa shape index (κ3) is 2.75. The Kier molecular flexibility index (Phi) is 3.62. The summed E-state index contributed by atoms with van der Waals surface area (Å²) in [5.41, 5.74) is 1.96. The van der Waals surface area contributed by atoms with Crippen molar-refractivity contribution in [2.75, 3.05) is 44.4 Å². The molecule has 0 bridgehead atoms. The number of fused-ring (bicyclic) bond motifs is 1. The summed E-state index contributed by atoms with van der Waals surface area (Å²) in [5, 5.41) is 7.37. The van der Waals surface area contributed by atoms with E-state index in [-0.39, 0.29) is 11.9 Å². The summed E-state index contributed by atoms with van der Waals surface area (Å²) in [4.78, 5) is 19.0. The first-order valence-electron chi connectivity index (χ1n) is 7.79. The van der Waals surface area contributed by atoms with Gasteiger partial charge in [-0.15, -0.1) is 0 Å². The van der Waals surface area contributed by atoms with Crippen LogP contribution < -0.4 is 10.2 Å². The van der Waals surface area contributed by atoms with Gasteiger partial charge in [0.2, 0.25) is 0 Å². The summed E-state index contributed by atoms with van der Waals surface area (Å²) in [6.45, 7) is 6.07. The lowest BCUT2D eigenvalue weighted by Gasteiger charge is -2.29. The lowest BCUT2D eigenvalue weighted by atomic mass is 10.2. The van der Waals surface area contributed by atoms with Gasteiger partial charge in [-0.1, -0.05) is 0 Å². The second-order valence-electron chi connectivity index (χ2n) is 5.86. The lowest BCUT2D eigenvalue weighted by molar-refractivity contribution is -0.00355. The molecule has 122 valence electrons. The van der Waals surface area contributed by atoms with Gasteiger partial charge in [-0.05, 0) is 6.92 Å². The van der Waals surface area contributed by atoms with E-state index in [1.165, 1.54) is 0 Å². The number of hydrogen-bond donors (Lipinski definition) is 1. The van der Waals surface area contributed by atoms with E-state index in [1.807, 2.05) is 13.0 Å². The fourth-order valence-electron chi connectivity index (χ4n) is 2.79. The number of aryl methyl sites for hydroxylation is 1. The normalized spacial score (nSPS) is 18.9. The van der Waals surface area contributed by atoms with Crippen LogP contribution in [0.1, 0.15) is 16.2 Å². The maximum absolute atomic E-state index is 12.3. The van der Waals surface area contributed by atoms with Crippen LogP contribution in [0.25, 0.3) is 5.65 Å². The fourth-order valence-corrected chi connectivity index (χ4v) is 2.79. The van der Waals surface area contributed by atoms with E-state index in [0.717, 1.165) is 24.6 Å². The van der Waals surface area contributed by atoms with Crippen molar-refractivity contribution >= 4 is 17.4 Å². The number of rotatable bonds is 3. The van der Waals surface area contributed by atoms with Gasteiger partial charge >= 0.3 is 0 Å². The van der Waals surface area contributed by atoms with Crippen LogP contribution in [-0.2, 0) is 9.47 Å². The highest BCUT2D eigenvalue weighted by atomic mass is 16.5. The zero-order chi connectivity index (χ0) is 15.8. The number of morpholine rings is 1. The summed E-state index contributed by atoms with van der Waals surface area (Å²) in [6.07, 6.45) is 0. The largest absolute Gasteiger partial charge is 0.378 e. The number of anilines is 1. The fraction of sp³-hybridized carbons (Fsp3) is 0.533. The first-order chi connectivity index (χ1) is 11.2. The van der Waals surface area contributed by atoms with Gasteiger partial charge in [-0.25, -0.2) is 4.98 Å². The van der Waals surface area contributed by atoms with Gasteiger partial charge in [0.15, 0.2) is 11.3 Å². The van der Waals surface area contributed by atoms with Crippen molar-refractivity contribution in [3.63, 3.8) is 0 Å². The number of nitrogens with one attached hydrogen (secondary N) is 1. The van der Waals surface area contributed by atoms with Crippen molar-refractivity contribution < 1.29 is 14.3 Å². The summed E-state index contributed by atoms with van der Waals surface area (Å²) in [6, 6.07) is 3.80. The van der Waals surface area contributed by atoms with Crippen LogP contribution in [0.15, 0.2) is 12.1 Å². The van der Waals surface area contributed by atoms with E-state index in [2.05, 4.69) is 20.3 Å². The Morgan fingerprint density at radius 3 is 2.74 bits per heavy atom. The van der Waals surface area contributed by atoms with Crippen molar-refractivity contribution in [3.8, 4) is 0 Å². The Morgan fingerprint density at radius 1 is 1.26 bits per heavy atom. The van der Waals surface area contributed by atoms with Crippen LogP contribution in [0, 0.1) is 6.92 Å². The molecule has 2 fully saturated rings. The van der Waals surface area contributed by atoms with E-state index >= 15 is 0 Å². The van der Waals surface area contributed by atoms with Crippen molar-refractivity contribution in [1.29, 1.82) is 0 Å². The molecule has 8 nitrogen and oxygen atoms in total. The molecule has 2 aliphatic rings. The Balaban J connectivity index is 1.67. The predicted octanol–water partition coefficient (Wildman–Crippen LogP) is 0.00292. The molecule has 0 aliphatic carbocycles. The molecule has 0 saturated carbocycles. The van der Waals surface area contributed by atoms with Crippen LogP contribution in [-0.4, -0.2) is 66.1 Å². The Morgan fingerprint density at radius 2 is 2.04 bits per heavy atom. The zero-order valence-electron chi connectivity index (χ0n) is 13.0. The molecule has 0 spiro atoms. The summed E-state index contributed by atoms with van der Waals surface area (Å²) in [7, 11) is 0. The van der Waals surface area contributed by atoms with E-state index in [4.69, 9.17) is 9.47 Å². The second-order valence-corrected chi connectivity index (χ2v) is 5.86. The average Bonchev–Trinajstić information content (AvgIpc) is 2.94. The first kappa shape index (κ1) is 14.4. The number of hydrogen-bond acceptors (Lipinski definition) is 6. The van der Waals surface area contributed by atoms with Gasteiger partial charge in [-0.3, -0.25) is 4.79 Å². The number of carbonyl (C=O) groups excluding carboxylic acids is 1. The number of nitrogens with zero attached hydrogens (tertiary/aromatic N) is 4. The smallest absolute Gasteiger partial charge is 0.272 e. The van der Waals surface area contributed by atoms with E-state index in [9.17, 15) is 4.79 Å². The molecule has 2 aromatic rings. The van der Waals surface area contributed by atoms with Crippen LogP contribution in [0.4, 0.5) is 5.82 Å². The maximum Gasteiger partial charge on any atom is 0.272 e. The molecule has 4 heterocycles. The number of ether oxygens (including phenoxy) is 2. The molecular formula is C15H19N5O3. The summed E-state index contributed by atoms with van der Waals surface area (Å²) < 4.78 is 12.2. The Labute approximate surface area is 133 Å². The molecule has 23 heavy (non-hydrogen) atoms. The minimum Gasteiger partial charge on any atom is -0.378 e. The second kappa shape index (κ2) is 5.78. The summed E-state index contributed by atoms with van der Waals surface area (Å²) >= 11 is 0. The van der Waals surface area contributed by atoms with Gasteiger partial charge in [0, 0.05) is 30.9 Å². The van der Waals surface area contributed by atoms with Crippen molar-refractivity contribution in [2.24, 2.45) is 0 Å². The SMILES string of the molecule is Cc1cc(N2CCOCC2)n2nc(C(=O)NC3COC3)cc2n1. The van der Waals surface area contributed by atoms with Gasteiger partial charge in [0.25, 0.3) is 5.91 Å². The number of amides is 1. The average molecular weight is 317 g/mol. The molecule has 0 aromatic carbocycles. The molecule has 1 amide bonds. The quantitative estimate of drug-likeness (QED) is 0.858. The van der Waals surface area contributed by atoms with Crippen molar-refractivity contribution in [1.82, 2.24) is 19.9 Å². The van der Waals surface area contributed by atoms with Gasteiger partial charge in [0.05, 0.1) is 32.5 Å². The Bertz CT molecular complexity index is 734. The van der Waals surface area contributed by atoms with Crippen LogP contribution in [0.3, 0.4) is 0 Å². The van der Waals surface area contributed by atoms with Crippen LogP contribution in [0.2, 0.25) is 0 Å². The van der Waals surface area contributed by atoms with Gasteiger partial charge in [0.1, 0.15) is 5.82 Å². The van der Waals surface area contributed by atoms with E-state index in [1.54, 1.807) is 10.6 Å². The van der Waals surface area contributed by atoms with E-state index < -0.39 is 0 Å². The molecule has 8 heteroatoms. The topological polar surface area (TPSA) is 81.0 Å². The highest BCUT2D eigenvalue weighted by Gasteiger charge is 2.23. The minimum absolute atomic E-state index is 0.0840. The van der Waals surface area contributed by atoms with Crippen LogP contribution in [0.5, 0.6) is 0 Å². The molecule has 0 unspecified atom stereocenters. The number of carbonyl (C=O) groups is 1. The maximum atomic E-state index is 12.3.